The van der Waals surface area contributed by atoms with Gasteiger partial charge in [-0.1, -0.05) is 13.5 Å². The average molecular weight is 295 g/mol. The summed E-state index contributed by atoms with van der Waals surface area (Å²) in [7, 11) is 0. The number of carboxylic acids is 2. The van der Waals surface area contributed by atoms with Gasteiger partial charge in [0.2, 0.25) is 0 Å². The van der Waals surface area contributed by atoms with E-state index in [1.807, 2.05) is 0 Å². The molecule has 21 heavy (non-hydrogen) atoms. The van der Waals surface area contributed by atoms with Crippen molar-refractivity contribution in [2.45, 2.75) is 39.7 Å². The van der Waals surface area contributed by atoms with Gasteiger partial charge in [-0.2, -0.15) is 0 Å². The van der Waals surface area contributed by atoms with Crippen LogP contribution in [0.3, 0.4) is 0 Å². The normalized spacial score (nSPS) is 12.8. The number of carbonyl (C=O) groups excluding carboxylic acids is 1. The molecular weight excluding hydrogens is 274 g/mol. The van der Waals surface area contributed by atoms with Crippen LogP contribution in [0.15, 0.2) is 36.1 Å². The van der Waals surface area contributed by atoms with Crippen molar-refractivity contribution in [3.63, 3.8) is 0 Å². The zero-order valence-electron chi connectivity index (χ0n) is 12.7. The zero-order chi connectivity index (χ0) is 16.8. The molecule has 0 aromatic rings. The van der Waals surface area contributed by atoms with Crippen molar-refractivity contribution in [1.82, 2.24) is 4.90 Å². The van der Waals surface area contributed by atoms with Crippen LogP contribution in [-0.2, 0) is 14.4 Å². The van der Waals surface area contributed by atoms with Gasteiger partial charge in [0.1, 0.15) is 0 Å². The predicted octanol–water partition coefficient (Wildman–Crippen LogP) is 2.19. The van der Waals surface area contributed by atoms with Gasteiger partial charge >= 0.3 is 11.9 Å². The maximum absolute atomic E-state index is 12.1. The monoisotopic (exact) mass is 295 g/mol. The summed E-state index contributed by atoms with van der Waals surface area (Å²) in [6.07, 6.45) is 3.07. The van der Waals surface area contributed by atoms with E-state index in [4.69, 9.17) is 5.11 Å². The standard InChI is InChI=1S/C15H21NO5/c1-6-11(10(14(20)21)8-9-13(18)19)16(12(17)7-2)15(3,4)5/h7-9H,2,6H2,1,3-5H3,(H,18,19)(H,20,21). The first-order chi connectivity index (χ1) is 9.56. The van der Waals surface area contributed by atoms with Gasteiger partial charge in [-0.3, -0.25) is 4.79 Å². The summed E-state index contributed by atoms with van der Waals surface area (Å²) in [5, 5.41) is 17.9. The Morgan fingerprint density at radius 3 is 1.95 bits per heavy atom. The second-order valence-electron chi connectivity index (χ2n) is 5.24. The van der Waals surface area contributed by atoms with Crippen molar-refractivity contribution in [3.8, 4) is 0 Å². The lowest BCUT2D eigenvalue weighted by Gasteiger charge is -2.37. The fourth-order valence-electron chi connectivity index (χ4n) is 1.87. The Kier molecular flexibility index (Phi) is 6.58. The van der Waals surface area contributed by atoms with Crippen LogP contribution in [0.2, 0.25) is 0 Å². The van der Waals surface area contributed by atoms with Gasteiger partial charge in [0.05, 0.1) is 5.57 Å². The Labute approximate surface area is 124 Å². The first-order valence-electron chi connectivity index (χ1n) is 6.40. The van der Waals surface area contributed by atoms with Crippen molar-refractivity contribution in [2.75, 3.05) is 0 Å². The molecule has 0 aliphatic carbocycles. The summed E-state index contributed by atoms with van der Waals surface area (Å²) < 4.78 is 0. The topological polar surface area (TPSA) is 94.9 Å². The second-order valence-corrected chi connectivity index (χ2v) is 5.24. The SMILES string of the molecule is C=CC(=O)N(C(CC)=C(C=CC(=O)O)C(=O)O)C(C)(C)C. The summed E-state index contributed by atoms with van der Waals surface area (Å²) in [6.45, 7) is 10.4. The number of hydrogen-bond donors (Lipinski definition) is 2. The van der Waals surface area contributed by atoms with E-state index < -0.39 is 23.4 Å². The molecule has 0 heterocycles. The summed E-state index contributed by atoms with van der Waals surface area (Å²) >= 11 is 0. The van der Waals surface area contributed by atoms with Crippen LogP contribution < -0.4 is 0 Å². The van der Waals surface area contributed by atoms with E-state index in [-0.39, 0.29) is 17.7 Å². The summed E-state index contributed by atoms with van der Waals surface area (Å²) in [6, 6.07) is 0. The Balaban J connectivity index is 6.23. The van der Waals surface area contributed by atoms with Crippen molar-refractivity contribution >= 4 is 17.8 Å². The highest BCUT2D eigenvalue weighted by Gasteiger charge is 2.30. The lowest BCUT2D eigenvalue weighted by molar-refractivity contribution is -0.132. The number of rotatable bonds is 6. The third kappa shape index (κ3) is 5.25. The van der Waals surface area contributed by atoms with Gasteiger partial charge in [-0.05, 0) is 39.3 Å². The molecule has 0 fully saturated rings. The second kappa shape index (κ2) is 7.42. The third-order valence-electron chi connectivity index (χ3n) is 2.60. The van der Waals surface area contributed by atoms with Crippen LogP contribution in [0, 0.1) is 0 Å². The number of allylic oxidation sites excluding steroid dienone is 1. The van der Waals surface area contributed by atoms with Crippen LogP contribution in [0.4, 0.5) is 0 Å². The van der Waals surface area contributed by atoms with Gasteiger partial charge in [-0.25, -0.2) is 9.59 Å². The molecule has 0 aromatic carbocycles. The van der Waals surface area contributed by atoms with E-state index in [0.717, 1.165) is 18.2 Å². The Morgan fingerprint density at radius 1 is 1.14 bits per heavy atom. The minimum absolute atomic E-state index is 0.231. The Hall–Kier alpha value is -2.37. The highest BCUT2D eigenvalue weighted by atomic mass is 16.4. The minimum Gasteiger partial charge on any atom is -0.478 e. The molecule has 0 radical (unpaired) electrons. The molecule has 0 saturated carbocycles. The smallest absolute Gasteiger partial charge is 0.337 e. The number of aliphatic carboxylic acids is 2. The Bertz CT molecular complexity index is 509. The van der Waals surface area contributed by atoms with Gasteiger partial charge < -0.3 is 15.1 Å². The van der Waals surface area contributed by atoms with E-state index in [9.17, 15) is 19.5 Å². The fourth-order valence-corrected chi connectivity index (χ4v) is 1.87. The molecule has 0 atom stereocenters. The predicted molar refractivity (Wildman–Crippen MR) is 78.5 cm³/mol. The Morgan fingerprint density at radius 2 is 1.67 bits per heavy atom. The third-order valence-corrected chi connectivity index (χ3v) is 2.60. The molecular formula is C15H21NO5. The average Bonchev–Trinajstić information content (AvgIpc) is 2.34. The summed E-state index contributed by atoms with van der Waals surface area (Å²) in [4.78, 5) is 35.4. The molecule has 0 saturated heterocycles. The van der Waals surface area contributed by atoms with E-state index >= 15 is 0 Å². The van der Waals surface area contributed by atoms with Crippen molar-refractivity contribution in [2.24, 2.45) is 0 Å². The zero-order valence-corrected chi connectivity index (χ0v) is 12.7. The quantitative estimate of drug-likeness (QED) is 0.578. The molecule has 6 nitrogen and oxygen atoms in total. The van der Waals surface area contributed by atoms with Crippen LogP contribution in [0.1, 0.15) is 34.1 Å². The molecule has 0 spiro atoms. The lowest BCUT2D eigenvalue weighted by Crippen LogP contribution is -2.44. The molecule has 0 aliphatic rings. The maximum Gasteiger partial charge on any atom is 0.337 e. The van der Waals surface area contributed by atoms with Crippen LogP contribution in [0.25, 0.3) is 0 Å². The molecule has 0 bridgehead atoms. The number of carboxylic acid groups (broad SMARTS) is 2. The molecule has 0 aliphatic heterocycles. The van der Waals surface area contributed by atoms with E-state index in [2.05, 4.69) is 6.58 Å². The minimum atomic E-state index is -1.30. The highest BCUT2D eigenvalue weighted by molar-refractivity contribution is 5.95. The van der Waals surface area contributed by atoms with Crippen molar-refractivity contribution in [3.05, 3.63) is 36.1 Å². The number of amides is 1. The molecule has 1 amide bonds. The van der Waals surface area contributed by atoms with Gasteiger partial charge in [0, 0.05) is 17.3 Å². The highest BCUT2D eigenvalue weighted by Crippen LogP contribution is 2.26. The fraction of sp³-hybridized carbons (Fsp3) is 0.400. The molecule has 0 aromatic heterocycles. The van der Waals surface area contributed by atoms with Gasteiger partial charge in [0.15, 0.2) is 0 Å². The van der Waals surface area contributed by atoms with E-state index in [1.165, 1.54) is 4.90 Å². The molecule has 6 heteroatoms. The van der Waals surface area contributed by atoms with E-state index in [0.29, 0.717) is 0 Å². The van der Waals surface area contributed by atoms with Crippen LogP contribution >= 0.6 is 0 Å². The first-order valence-corrected chi connectivity index (χ1v) is 6.40. The lowest BCUT2D eigenvalue weighted by atomic mass is 10.0. The van der Waals surface area contributed by atoms with E-state index in [1.54, 1.807) is 27.7 Å². The van der Waals surface area contributed by atoms with Crippen molar-refractivity contribution < 1.29 is 24.6 Å². The number of carbonyl (C=O) groups is 3. The van der Waals surface area contributed by atoms with Crippen LogP contribution in [0.5, 0.6) is 0 Å². The van der Waals surface area contributed by atoms with Gasteiger partial charge in [-0.15, -0.1) is 0 Å². The number of nitrogens with zero attached hydrogens (tertiary/aromatic N) is 1. The summed E-state index contributed by atoms with van der Waals surface area (Å²) in [5.74, 6) is -3.00. The largest absolute Gasteiger partial charge is 0.478 e. The van der Waals surface area contributed by atoms with Crippen molar-refractivity contribution in [1.29, 1.82) is 0 Å². The van der Waals surface area contributed by atoms with Crippen LogP contribution in [-0.4, -0.2) is 38.5 Å². The summed E-state index contributed by atoms with van der Waals surface area (Å²) in [5.41, 5.74) is -0.670. The number of hydrogen-bond acceptors (Lipinski definition) is 3. The molecule has 2 N–H and O–H groups in total. The molecule has 116 valence electrons. The first kappa shape index (κ1) is 18.6. The van der Waals surface area contributed by atoms with Gasteiger partial charge in [0.25, 0.3) is 5.91 Å². The maximum atomic E-state index is 12.1. The molecule has 0 unspecified atom stereocenters. The molecule has 0 rings (SSSR count).